The van der Waals surface area contributed by atoms with E-state index in [0.29, 0.717) is 16.8 Å². The van der Waals surface area contributed by atoms with Gasteiger partial charge >= 0.3 is 5.97 Å². The van der Waals surface area contributed by atoms with Gasteiger partial charge in [0.15, 0.2) is 5.65 Å². The molecule has 0 aliphatic heterocycles. The number of amides is 1. The Kier molecular flexibility index (Phi) is 6.07. The van der Waals surface area contributed by atoms with Crippen LogP contribution in [0.1, 0.15) is 59.6 Å². The van der Waals surface area contributed by atoms with E-state index >= 15 is 0 Å². The summed E-state index contributed by atoms with van der Waals surface area (Å²) in [4.78, 5) is 46.7. The largest absolute Gasteiger partial charge is 0.480 e. The van der Waals surface area contributed by atoms with Crippen LogP contribution in [0.25, 0.3) is 27.8 Å². The van der Waals surface area contributed by atoms with Gasteiger partial charge in [0.25, 0.3) is 11.5 Å². The Morgan fingerprint density at radius 1 is 1.18 bits per heavy atom. The standard InChI is InChI=1S/C28H27N5O5/c34-26(30-22(28(36)37)12-18-14-29-20-9-5-4-8-19(18)20)21-13-23-31-25(17-10-11-38-15-17)24(27(35)33(23)32-21)16-6-2-1-3-7-16/h4-5,8-11,13-16,22,29,32H,1-3,6-7,12H2,(H,30,34)(H,36,37)/t22-/m0/s1. The highest BCUT2D eigenvalue weighted by atomic mass is 16.4. The minimum atomic E-state index is -1.17. The van der Waals surface area contributed by atoms with E-state index in [1.165, 1.54) is 10.6 Å². The number of furan rings is 1. The highest BCUT2D eigenvalue weighted by Gasteiger charge is 2.28. The van der Waals surface area contributed by atoms with Crippen LogP contribution in [0.2, 0.25) is 0 Å². The molecule has 38 heavy (non-hydrogen) atoms. The molecule has 4 aromatic heterocycles. The number of carboxylic acid groups (broad SMARTS) is 1. The molecular formula is C28H27N5O5. The van der Waals surface area contributed by atoms with Gasteiger partial charge < -0.3 is 19.8 Å². The molecular weight excluding hydrogens is 486 g/mol. The molecule has 4 N–H and O–H groups in total. The number of hydrogen-bond donors (Lipinski definition) is 4. The molecule has 4 heterocycles. The molecule has 1 aliphatic carbocycles. The maximum Gasteiger partial charge on any atom is 0.326 e. The number of carbonyl (C=O) groups excluding carboxylic acids is 1. The topological polar surface area (TPSA) is 145 Å². The van der Waals surface area contributed by atoms with Crippen LogP contribution in [0.3, 0.4) is 0 Å². The van der Waals surface area contributed by atoms with Gasteiger partial charge in [-0.3, -0.25) is 14.7 Å². The first kappa shape index (κ1) is 23.8. The molecule has 6 rings (SSSR count). The van der Waals surface area contributed by atoms with Gasteiger partial charge in [-0.2, -0.15) is 0 Å². The van der Waals surface area contributed by atoms with Gasteiger partial charge in [0, 0.05) is 40.7 Å². The minimum absolute atomic E-state index is 0.0544. The summed E-state index contributed by atoms with van der Waals surface area (Å²) in [5.74, 6) is -1.72. The molecule has 0 unspecified atom stereocenters. The fourth-order valence-corrected chi connectivity index (χ4v) is 5.49. The number of H-pyrrole nitrogens is 2. The smallest absolute Gasteiger partial charge is 0.326 e. The maximum atomic E-state index is 13.7. The lowest BCUT2D eigenvalue weighted by molar-refractivity contribution is -0.139. The monoisotopic (exact) mass is 513 g/mol. The van der Waals surface area contributed by atoms with E-state index in [9.17, 15) is 19.5 Å². The number of nitrogens with zero attached hydrogens (tertiary/aromatic N) is 2. The summed E-state index contributed by atoms with van der Waals surface area (Å²) < 4.78 is 6.54. The van der Waals surface area contributed by atoms with Crippen molar-refractivity contribution in [2.24, 2.45) is 0 Å². The summed E-state index contributed by atoms with van der Waals surface area (Å²) in [5, 5.41) is 16.2. The second-order valence-corrected chi connectivity index (χ2v) is 9.82. The van der Waals surface area contributed by atoms with Crippen molar-refractivity contribution in [3.8, 4) is 11.3 Å². The zero-order valence-electron chi connectivity index (χ0n) is 20.6. The normalized spacial score (nSPS) is 15.2. The number of aromatic amines is 2. The van der Waals surface area contributed by atoms with Crippen LogP contribution < -0.4 is 10.9 Å². The van der Waals surface area contributed by atoms with E-state index in [-0.39, 0.29) is 29.2 Å². The first-order chi connectivity index (χ1) is 18.5. The van der Waals surface area contributed by atoms with Crippen molar-refractivity contribution in [1.82, 2.24) is 24.9 Å². The van der Waals surface area contributed by atoms with Gasteiger partial charge in [-0.1, -0.05) is 37.5 Å². The van der Waals surface area contributed by atoms with Crippen molar-refractivity contribution in [2.45, 2.75) is 50.5 Å². The molecule has 1 fully saturated rings. The predicted octanol–water partition coefficient (Wildman–Crippen LogP) is 4.24. The van der Waals surface area contributed by atoms with Crippen LogP contribution >= 0.6 is 0 Å². The SMILES string of the molecule is O=C(N[C@@H](Cc1c[nH]c2ccccc12)C(=O)O)c1cc2nc(-c3ccoc3)c(C3CCCCC3)c(=O)n2[nH]1. The average molecular weight is 514 g/mol. The Balaban J connectivity index is 1.33. The molecule has 0 radical (unpaired) electrons. The van der Waals surface area contributed by atoms with E-state index in [2.05, 4.69) is 15.4 Å². The molecule has 1 atom stereocenters. The Labute approximate surface area is 216 Å². The van der Waals surface area contributed by atoms with Gasteiger partial charge in [-0.15, -0.1) is 0 Å². The van der Waals surface area contributed by atoms with Crippen molar-refractivity contribution in [1.29, 1.82) is 0 Å². The van der Waals surface area contributed by atoms with Gasteiger partial charge in [-0.25, -0.2) is 14.3 Å². The van der Waals surface area contributed by atoms with E-state index in [0.717, 1.165) is 48.6 Å². The maximum absolute atomic E-state index is 13.7. The zero-order valence-corrected chi connectivity index (χ0v) is 20.6. The first-order valence-electron chi connectivity index (χ1n) is 12.8. The Bertz CT molecular complexity index is 1690. The van der Waals surface area contributed by atoms with E-state index < -0.39 is 17.9 Å². The fourth-order valence-electron chi connectivity index (χ4n) is 5.49. The van der Waals surface area contributed by atoms with E-state index in [4.69, 9.17) is 9.40 Å². The number of fused-ring (bicyclic) bond motifs is 2. The third-order valence-electron chi connectivity index (χ3n) is 7.40. The summed E-state index contributed by atoms with van der Waals surface area (Å²) in [6.07, 6.45) is 9.98. The second kappa shape index (κ2) is 9.70. The zero-order chi connectivity index (χ0) is 26.2. The molecule has 0 bridgehead atoms. The van der Waals surface area contributed by atoms with Crippen molar-refractivity contribution >= 4 is 28.4 Å². The molecule has 0 saturated heterocycles. The number of para-hydroxylation sites is 1. The molecule has 1 saturated carbocycles. The number of carboxylic acids is 1. The summed E-state index contributed by atoms with van der Waals surface area (Å²) in [7, 11) is 0. The lowest BCUT2D eigenvalue weighted by Crippen LogP contribution is -2.42. The first-order valence-corrected chi connectivity index (χ1v) is 12.8. The van der Waals surface area contributed by atoms with Crippen LogP contribution in [-0.2, 0) is 11.2 Å². The van der Waals surface area contributed by atoms with Crippen LogP contribution in [-0.4, -0.2) is 42.6 Å². The average Bonchev–Trinajstić information content (AvgIpc) is 3.69. The van der Waals surface area contributed by atoms with Crippen molar-refractivity contribution in [2.75, 3.05) is 0 Å². The van der Waals surface area contributed by atoms with Gasteiger partial charge in [0.2, 0.25) is 0 Å². The van der Waals surface area contributed by atoms with Crippen molar-refractivity contribution < 1.29 is 19.1 Å². The number of benzene rings is 1. The number of aromatic nitrogens is 4. The van der Waals surface area contributed by atoms with E-state index in [1.807, 2.05) is 24.3 Å². The van der Waals surface area contributed by atoms with Crippen LogP contribution in [0.5, 0.6) is 0 Å². The number of carbonyl (C=O) groups is 2. The molecule has 1 aliphatic rings. The molecule has 1 amide bonds. The Hall–Kier alpha value is -4.60. The second-order valence-electron chi connectivity index (χ2n) is 9.82. The quantitative estimate of drug-likeness (QED) is 0.256. The van der Waals surface area contributed by atoms with Crippen molar-refractivity contribution in [3.05, 3.63) is 82.3 Å². The highest BCUT2D eigenvalue weighted by Crippen LogP contribution is 2.35. The molecule has 0 spiro atoms. The Morgan fingerprint density at radius 3 is 2.76 bits per heavy atom. The number of hydrogen-bond acceptors (Lipinski definition) is 5. The molecule has 1 aromatic carbocycles. The third-order valence-corrected chi connectivity index (χ3v) is 7.40. The lowest BCUT2D eigenvalue weighted by atomic mass is 9.83. The van der Waals surface area contributed by atoms with Gasteiger partial charge in [0.1, 0.15) is 11.7 Å². The fraction of sp³-hybridized carbons (Fsp3) is 0.286. The Morgan fingerprint density at radius 2 is 2.00 bits per heavy atom. The van der Waals surface area contributed by atoms with Gasteiger partial charge in [0.05, 0.1) is 18.2 Å². The minimum Gasteiger partial charge on any atom is -0.480 e. The van der Waals surface area contributed by atoms with Crippen molar-refractivity contribution in [3.63, 3.8) is 0 Å². The van der Waals surface area contributed by atoms with E-state index in [1.54, 1.807) is 24.8 Å². The van der Waals surface area contributed by atoms with Crippen LogP contribution in [0.15, 0.2) is 64.3 Å². The van der Waals surface area contributed by atoms with Gasteiger partial charge in [-0.05, 0) is 36.5 Å². The highest BCUT2D eigenvalue weighted by molar-refractivity contribution is 5.96. The number of rotatable bonds is 7. The number of aliphatic carboxylic acids is 1. The summed E-state index contributed by atoms with van der Waals surface area (Å²) in [5.41, 5.74) is 3.63. The third kappa shape index (κ3) is 4.27. The summed E-state index contributed by atoms with van der Waals surface area (Å²) >= 11 is 0. The summed E-state index contributed by atoms with van der Waals surface area (Å²) in [6, 6.07) is 9.64. The molecule has 5 aromatic rings. The van der Waals surface area contributed by atoms with Crippen LogP contribution in [0.4, 0.5) is 0 Å². The molecule has 10 heteroatoms. The molecule has 194 valence electrons. The van der Waals surface area contributed by atoms with Crippen LogP contribution in [0, 0.1) is 0 Å². The predicted molar refractivity (Wildman–Crippen MR) is 140 cm³/mol. The number of nitrogens with one attached hydrogen (secondary N) is 3. The summed E-state index contributed by atoms with van der Waals surface area (Å²) in [6.45, 7) is 0. The molecule has 10 nitrogen and oxygen atoms in total. The lowest BCUT2D eigenvalue weighted by Gasteiger charge is -2.22.